The maximum atomic E-state index is 14.3. The van der Waals surface area contributed by atoms with Crippen LogP contribution in [-0.4, -0.2) is 39.3 Å². The van der Waals surface area contributed by atoms with Crippen LogP contribution in [0.2, 0.25) is 0 Å². The van der Waals surface area contributed by atoms with Crippen LogP contribution < -0.4 is 10.6 Å². The lowest BCUT2D eigenvalue weighted by Crippen LogP contribution is -2.50. The highest BCUT2D eigenvalue weighted by Crippen LogP contribution is 2.52. The Morgan fingerprint density at radius 2 is 1.95 bits per heavy atom. The summed E-state index contributed by atoms with van der Waals surface area (Å²) >= 11 is 1.72. The molecule has 3 N–H and O–H groups in total. The van der Waals surface area contributed by atoms with Crippen LogP contribution in [-0.2, 0) is 4.79 Å². The Morgan fingerprint density at radius 1 is 1.08 bits per heavy atom. The Bertz CT molecular complexity index is 1530. The molecule has 1 saturated carbocycles. The first kappa shape index (κ1) is 24.4. The van der Waals surface area contributed by atoms with E-state index in [1.807, 2.05) is 25.1 Å². The normalized spacial score (nSPS) is 26.1. The van der Waals surface area contributed by atoms with E-state index in [-0.39, 0.29) is 35.9 Å². The molecule has 1 saturated heterocycles. The van der Waals surface area contributed by atoms with Crippen molar-refractivity contribution in [1.29, 1.82) is 0 Å². The average molecular weight is 540 g/mol. The molecule has 0 unspecified atom stereocenters. The summed E-state index contributed by atoms with van der Waals surface area (Å²) < 4.78 is 0. The van der Waals surface area contributed by atoms with E-state index in [0.29, 0.717) is 11.5 Å². The Balaban J connectivity index is 1.15. The lowest BCUT2D eigenvalue weighted by molar-refractivity contribution is -0.138. The number of thiophene rings is 1. The van der Waals surface area contributed by atoms with Crippen molar-refractivity contribution in [2.75, 3.05) is 11.9 Å². The monoisotopic (exact) mass is 539 g/mol. The van der Waals surface area contributed by atoms with Crippen LogP contribution in [0, 0.1) is 18.8 Å². The molecule has 2 aliphatic heterocycles. The Labute approximate surface area is 232 Å². The summed E-state index contributed by atoms with van der Waals surface area (Å²) in [6, 6.07) is 16.3. The van der Waals surface area contributed by atoms with Gasteiger partial charge in [0, 0.05) is 29.8 Å². The first-order valence-electron chi connectivity index (χ1n) is 14.0. The van der Waals surface area contributed by atoms with E-state index in [1.54, 1.807) is 11.3 Å². The molecule has 3 aliphatic rings. The van der Waals surface area contributed by atoms with Gasteiger partial charge in [-0.3, -0.25) is 9.59 Å². The van der Waals surface area contributed by atoms with Gasteiger partial charge in [0.2, 0.25) is 5.91 Å². The maximum Gasteiger partial charge on any atom is 0.251 e. The molecule has 8 heteroatoms. The standard InChI is InChI=1S/C31H33N5O2S/c1-18-32-26-11-10-19(16-27(26)33-18)30(37)35-25-9-5-3-7-22(25)31(38)36-14-12-23-28(20-13-15-39-17-20)34-24-8-4-2-6-21(24)29(23)36/h2,4,6,8,10-11,13,15-17,22-23,25,28-29,34H,3,5,7,9,12,14H2,1H3,(H,32,33)(H,35,37)/t22-,23+,25+,28-,29-/m0/s1. The molecule has 2 aromatic heterocycles. The number of rotatable bonds is 4. The maximum absolute atomic E-state index is 14.3. The van der Waals surface area contributed by atoms with Gasteiger partial charge in [-0.25, -0.2) is 4.98 Å². The molecule has 2 aromatic carbocycles. The molecule has 7 nitrogen and oxygen atoms in total. The first-order chi connectivity index (χ1) is 19.1. The number of carbonyl (C=O) groups excluding carboxylic acids is 2. The molecular weight excluding hydrogens is 506 g/mol. The van der Waals surface area contributed by atoms with Gasteiger partial charge in [-0.15, -0.1) is 0 Å². The molecule has 0 radical (unpaired) electrons. The highest BCUT2D eigenvalue weighted by atomic mass is 32.1. The third-order valence-electron chi connectivity index (χ3n) is 8.91. The van der Waals surface area contributed by atoms with Gasteiger partial charge in [0.15, 0.2) is 0 Å². The number of aromatic amines is 1. The predicted octanol–water partition coefficient (Wildman–Crippen LogP) is 5.98. The molecule has 0 bridgehead atoms. The van der Waals surface area contributed by atoms with E-state index in [9.17, 15) is 9.59 Å². The van der Waals surface area contributed by atoms with Crippen molar-refractivity contribution >= 4 is 39.9 Å². The van der Waals surface area contributed by atoms with E-state index in [0.717, 1.165) is 61.2 Å². The molecule has 0 spiro atoms. The zero-order chi connectivity index (χ0) is 26.5. The van der Waals surface area contributed by atoms with Crippen molar-refractivity contribution < 1.29 is 9.59 Å². The molecule has 7 rings (SSSR count). The zero-order valence-corrected chi connectivity index (χ0v) is 22.8. The van der Waals surface area contributed by atoms with Crippen molar-refractivity contribution in [2.24, 2.45) is 11.8 Å². The van der Waals surface area contributed by atoms with E-state index >= 15 is 0 Å². The summed E-state index contributed by atoms with van der Waals surface area (Å²) in [6.07, 6.45) is 4.63. The molecule has 4 aromatic rings. The summed E-state index contributed by atoms with van der Waals surface area (Å²) in [4.78, 5) is 37.4. The number of aryl methyl sites for hydroxylation is 1. The van der Waals surface area contributed by atoms with E-state index in [2.05, 4.69) is 66.6 Å². The molecule has 2 amide bonds. The number of hydrogen-bond donors (Lipinski definition) is 3. The van der Waals surface area contributed by atoms with E-state index in [4.69, 9.17) is 0 Å². The average Bonchev–Trinajstić information content (AvgIpc) is 3.71. The summed E-state index contributed by atoms with van der Waals surface area (Å²) in [5.41, 5.74) is 5.92. The van der Waals surface area contributed by atoms with Crippen LogP contribution in [0.25, 0.3) is 11.0 Å². The Kier molecular flexibility index (Phi) is 6.15. The number of carbonyl (C=O) groups is 2. The minimum absolute atomic E-state index is 0.0455. The van der Waals surface area contributed by atoms with Crippen molar-refractivity contribution in [3.8, 4) is 0 Å². The molecule has 4 heterocycles. The molecule has 1 aliphatic carbocycles. The number of fused-ring (bicyclic) bond motifs is 4. The number of likely N-dealkylation sites (tertiary alicyclic amines) is 1. The van der Waals surface area contributed by atoms with Gasteiger partial charge in [-0.05, 0) is 78.4 Å². The predicted molar refractivity (Wildman–Crippen MR) is 154 cm³/mol. The van der Waals surface area contributed by atoms with Crippen LogP contribution in [0.3, 0.4) is 0 Å². The fraction of sp³-hybridized carbons (Fsp3) is 0.387. The Hall–Kier alpha value is -3.65. The number of anilines is 1. The number of nitrogens with zero attached hydrogens (tertiary/aromatic N) is 2. The highest BCUT2D eigenvalue weighted by molar-refractivity contribution is 7.08. The third-order valence-corrected chi connectivity index (χ3v) is 9.61. The van der Waals surface area contributed by atoms with Gasteiger partial charge in [-0.1, -0.05) is 31.0 Å². The number of imidazole rings is 1. The number of nitrogens with one attached hydrogen (secondary N) is 3. The SMILES string of the molecule is Cc1nc2ccc(C(=O)N[C@@H]3CCCC[C@@H]3C(=O)N3CC[C@@H]4[C@H](c5ccsc5)Nc5ccccc5[C@@H]43)cc2[nH]1. The second-order valence-electron chi connectivity index (χ2n) is 11.2. The smallest absolute Gasteiger partial charge is 0.251 e. The number of hydrogen-bond acceptors (Lipinski definition) is 5. The minimum Gasteiger partial charge on any atom is -0.378 e. The summed E-state index contributed by atoms with van der Waals surface area (Å²) in [6.45, 7) is 2.65. The summed E-state index contributed by atoms with van der Waals surface area (Å²) in [5.74, 6) is 0.997. The highest BCUT2D eigenvalue weighted by Gasteiger charge is 2.48. The molecular formula is C31H33N5O2S. The quantitative estimate of drug-likeness (QED) is 0.298. The van der Waals surface area contributed by atoms with Crippen LogP contribution in [0.4, 0.5) is 5.69 Å². The van der Waals surface area contributed by atoms with Crippen molar-refractivity contribution in [3.63, 3.8) is 0 Å². The summed E-state index contributed by atoms with van der Waals surface area (Å²) in [7, 11) is 0. The Morgan fingerprint density at radius 3 is 2.82 bits per heavy atom. The lowest BCUT2D eigenvalue weighted by Gasteiger charge is -2.41. The van der Waals surface area contributed by atoms with Crippen LogP contribution in [0.1, 0.15) is 71.5 Å². The first-order valence-corrected chi connectivity index (χ1v) is 15.0. The van der Waals surface area contributed by atoms with Gasteiger partial charge in [0.25, 0.3) is 5.91 Å². The third kappa shape index (κ3) is 4.31. The van der Waals surface area contributed by atoms with Gasteiger partial charge in [-0.2, -0.15) is 11.3 Å². The lowest BCUT2D eigenvalue weighted by atomic mass is 9.79. The molecule has 5 atom stereocenters. The molecule has 39 heavy (non-hydrogen) atoms. The topological polar surface area (TPSA) is 90.1 Å². The number of aromatic nitrogens is 2. The van der Waals surface area contributed by atoms with Gasteiger partial charge < -0.3 is 20.5 Å². The van der Waals surface area contributed by atoms with E-state index < -0.39 is 0 Å². The zero-order valence-electron chi connectivity index (χ0n) is 22.0. The van der Waals surface area contributed by atoms with Gasteiger partial charge >= 0.3 is 0 Å². The van der Waals surface area contributed by atoms with Crippen molar-refractivity contribution in [3.05, 3.63) is 81.8 Å². The van der Waals surface area contributed by atoms with Gasteiger partial charge in [0.05, 0.1) is 29.0 Å². The number of H-pyrrole nitrogens is 1. The number of amides is 2. The van der Waals surface area contributed by atoms with E-state index in [1.165, 1.54) is 11.1 Å². The minimum atomic E-state index is -0.207. The number of benzene rings is 2. The number of para-hydroxylation sites is 1. The largest absolute Gasteiger partial charge is 0.378 e. The molecule has 2 fully saturated rings. The van der Waals surface area contributed by atoms with Crippen molar-refractivity contribution in [1.82, 2.24) is 20.2 Å². The summed E-state index contributed by atoms with van der Waals surface area (Å²) in [5, 5.41) is 11.4. The van der Waals surface area contributed by atoms with Gasteiger partial charge in [0.1, 0.15) is 5.82 Å². The van der Waals surface area contributed by atoms with Crippen LogP contribution in [0.5, 0.6) is 0 Å². The van der Waals surface area contributed by atoms with Crippen molar-refractivity contribution in [2.45, 2.75) is 57.2 Å². The second kappa shape index (κ2) is 9.83. The second-order valence-corrected chi connectivity index (χ2v) is 12.0. The fourth-order valence-corrected chi connectivity index (χ4v) is 7.79. The fourth-order valence-electron chi connectivity index (χ4n) is 7.10. The van der Waals surface area contributed by atoms with Crippen LogP contribution in [0.15, 0.2) is 59.3 Å². The molecule has 200 valence electrons. The van der Waals surface area contributed by atoms with Crippen LogP contribution >= 0.6 is 11.3 Å².